The van der Waals surface area contributed by atoms with Crippen LogP contribution in [0.15, 0.2) is 30.3 Å². The van der Waals surface area contributed by atoms with Crippen LogP contribution in [-0.4, -0.2) is 30.4 Å². The molecule has 1 aliphatic carbocycles. The lowest BCUT2D eigenvalue weighted by Crippen LogP contribution is -2.42. The molecule has 1 amide bonds. The van der Waals surface area contributed by atoms with Crippen LogP contribution >= 0.6 is 12.4 Å². The third kappa shape index (κ3) is 3.97. The monoisotopic (exact) mass is 296 g/mol. The van der Waals surface area contributed by atoms with E-state index in [9.17, 15) is 4.79 Å². The first-order valence-electron chi connectivity index (χ1n) is 7.25. The second-order valence-electron chi connectivity index (χ2n) is 5.44. The van der Waals surface area contributed by atoms with Gasteiger partial charge in [0.15, 0.2) is 0 Å². The first-order valence-corrected chi connectivity index (χ1v) is 7.25. The molecule has 2 rings (SSSR count). The average Bonchev–Trinajstić information content (AvgIpc) is 2.49. The van der Waals surface area contributed by atoms with Crippen molar-refractivity contribution >= 4 is 18.3 Å². The van der Waals surface area contributed by atoms with Crippen molar-refractivity contribution in [3.63, 3.8) is 0 Å². The van der Waals surface area contributed by atoms with Crippen LogP contribution in [0, 0.1) is 0 Å². The highest BCUT2D eigenvalue weighted by atomic mass is 35.5. The molecule has 1 aromatic rings. The number of carbonyl (C=O) groups is 1. The van der Waals surface area contributed by atoms with Crippen molar-refractivity contribution < 1.29 is 4.79 Å². The van der Waals surface area contributed by atoms with Crippen LogP contribution in [0.25, 0.3) is 0 Å². The Morgan fingerprint density at radius 2 is 1.85 bits per heavy atom. The molecule has 1 atom stereocenters. The van der Waals surface area contributed by atoms with Gasteiger partial charge in [0.1, 0.15) is 0 Å². The second kappa shape index (κ2) is 8.28. The third-order valence-electron chi connectivity index (χ3n) is 4.21. The topological polar surface area (TPSA) is 46.3 Å². The molecule has 1 aromatic carbocycles. The Morgan fingerprint density at radius 1 is 1.25 bits per heavy atom. The van der Waals surface area contributed by atoms with Crippen molar-refractivity contribution in [3.05, 3.63) is 35.9 Å². The number of carbonyl (C=O) groups excluding carboxylic acids is 1. The highest BCUT2D eigenvalue weighted by Crippen LogP contribution is 2.25. The normalized spacial score (nSPS) is 17.1. The summed E-state index contributed by atoms with van der Waals surface area (Å²) in [7, 11) is 1.93. The summed E-state index contributed by atoms with van der Waals surface area (Å²) in [6.07, 6.45) is 6.04. The maximum atomic E-state index is 12.6. The number of amides is 1. The largest absolute Gasteiger partial charge is 0.342 e. The zero-order valence-corrected chi connectivity index (χ0v) is 12.9. The van der Waals surface area contributed by atoms with E-state index in [1.165, 1.54) is 19.3 Å². The Labute approximate surface area is 127 Å². The molecule has 4 heteroatoms. The Balaban J connectivity index is 0.00000200. The summed E-state index contributed by atoms with van der Waals surface area (Å²) < 4.78 is 0. The van der Waals surface area contributed by atoms with E-state index in [4.69, 9.17) is 5.73 Å². The van der Waals surface area contributed by atoms with Crippen LogP contribution < -0.4 is 5.73 Å². The Kier molecular flexibility index (Phi) is 7.03. The highest BCUT2D eigenvalue weighted by molar-refractivity contribution is 5.85. The number of hydrogen-bond acceptors (Lipinski definition) is 2. The maximum absolute atomic E-state index is 12.6. The van der Waals surface area contributed by atoms with Gasteiger partial charge >= 0.3 is 0 Å². The lowest BCUT2D eigenvalue weighted by molar-refractivity contribution is -0.134. The molecule has 0 heterocycles. The van der Waals surface area contributed by atoms with Crippen LogP contribution in [0.4, 0.5) is 0 Å². The van der Waals surface area contributed by atoms with Crippen LogP contribution in [0.3, 0.4) is 0 Å². The summed E-state index contributed by atoms with van der Waals surface area (Å²) in [4.78, 5) is 14.6. The molecule has 2 N–H and O–H groups in total. The standard InChI is InChI=1S/C16H24N2O.ClH/c1-18(14-10-6-3-7-11-14)16(19)15(12-17)13-8-4-2-5-9-13;/h2,4-5,8-9,14-15H,3,6-7,10-12,17H2,1H3;1H. The van der Waals surface area contributed by atoms with E-state index in [1.54, 1.807) is 0 Å². The van der Waals surface area contributed by atoms with Crippen molar-refractivity contribution in [1.82, 2.24) is 4.90 Å². The minimum absolute atomic E-state index is 0. The van der Waals surface area contributed by atoms with Crippen LogP contribution in [-0.2, 0) is 4.79 Å². The smallest absolute Gasteiger partial charge is 0.231 e. The number of hydrogen-bond donors (Lipinski definition) is 1. The first-order chi connectivity index (χ1) is 9.24. The van der Waals surface area contributed by atoms with Crippen molar-refractivity contribution in [2.24, 2.45) is 5.73 Å². The number of likely N-dealkylation sites (N-methyl/N-ethyl adjacent to an activating group) is 1. The van der Waals surface area contributed by atoms with Crippen LogP contribution in [0.2, 0.25) is 0 Å². The van der Waals surface area contributed by atoms with Crippen molar-refractivity contribution in [2.75, 3.05) is 13.6 Å². The van der Waals surface area contributed by atoms with Gasteiger partial charge in [-0.1, -0.05) is 49.6 Å². The average molecular weight is 297 g/mol. The van der Waals surface area contributed by atoms with Gasteiger partial charge < -0.3 is 10.6 Å². The molecule has 0 bridgehead atoms. The fourth-order valence-corrected chi connectivity index (χ4v) is 2.96. The molecule has 0 aliphatic heterocycles. The molecule has 0 spiro atoms. The predicted octanol–water partition coefficient (Wildman–Crippen LogP) is 2.94. The number of nitrogens with two attached hydrogens (primary N) is 1. The predicted molar refractivity (Wildman–Crippen MR) is 85.1 cm³/mol. The van der Waals surface area contributed by atoms with Crippen molar-refractivity contribution in [2.45, 2.75) is 44.1 Å². The van der Waals surface area contributed by atoms with E-state index in [0.717, 1.165) is 18.4 Å². The Bertz CT molecular complexity index is 404. The molecule has 1 saturated carbocycles. The fourth-order valence-electron chi connectivity index (χ4n) is 2.96. The summed E-state index contributed by atoms with van der Waals surface area (Å²) >= 11 is 0. The van der Waals surface area contributed by atoms with Gasteiger partial charge in [-0.15, -0.1) is 12.4 Å². The number of benzene rings is 1. The zero-order chi connectivity index (χ0) is 13.7. The molecular weight excluding hydrogens is 272 g/mol. The van der Waals surface area contributed by atoms with E-state index >= 15 is 0 Å². The molecule has 1 aliphatic rings. The molecule has 0 saturated heterocycles. The van der Waals surface area contributed by atoms with Crippen LogP contribution in [0.1, 0.15) is 43.6 Å². The Hall–Kier alpha value is -1.06. The molecule has 1 unspecified atom stereocenters. The van der Waals surface area contributed by atoms with Gasteiger partial charge in [0, 0.05) is 19.6 Å². The van der Waals surface area contributed by atoms with E-state index in [0.29, 0.717) is 12.6 Å². The van der Waals surface area contributed by atoms with E-state index in [2.05, 4.69) is 0 Å². The quantitative estimate of drug-likeness (QED) is 0.928. The minimum atomic E-state index is -0.201. The second-order valence-corrected chi connectivity index (χ2v) is 5.44. The van der Waals surface area contributed by atoms with E-state index in [-0.39, 0.29) is 24.2 Å². The number of halogens is 1. The SMILES string of the molecule is CN(C(=O)C(CN)c1ccccc1)C1CCCCC1.Cl. The van der Waals surface area contributed by atoms with E-state index < -0.39 is 0 Å². The van der Waals surface area contributed by atoms with Gasteiger partial charge in [-0.2, -0.15) is 0 Å². The number of rotatable bonds is 4. The van der Waals surface area contributed by atoms with Gasteiger partial charge in [0.2, 0.25) is 5.91 Å². The van der Waals surface area contributed by atoms with Gasteiger partial charge in [0.05, 0.1) is 5.92 Å². The minimum Gasteiger partial charge on any atom is -0.342 e. The molecule has 112 valence electrons. The van der Waals surface area contributed by atoms with Gasteiger partial charge in [-0.3, -0.25) is 4.79 Å². The summed E-state index contributed by atoms with van der Waals surface area (Å²) in [6.45, 7) is 0.375. The Morgan fingerprint density at radius 3 is 2.40 bits per heavy atom. The fraction of sp³-hybridized carbons (Fsp3) is 0.562. The maximum Gasteiger partial charge on any atom is 0.231 e. The van der Waals surface area contributed by atoms with Gasteiger partial charge in [-0.05, 0) is 18.4 Å². The summed E-state index contributed by atoms with van der Waals surface area (Å²) in [6, 6.07) is 10.3. The molecule has 3 nitrogen and oxygen atoms in total. The number of nitrogens with zero attached hydrogens (tertiary/aromatic N) is 1. The highest BCUT2D eigenvalue weighted by Gasteiger charge is 2.27. The molecule has 0 radical (unpaired) electrons. The lowest BCUT2D eigenvalue weighted by Gasteiger charge is -2.33. The van der Waals surface area contributed by atoms with Crippen LogP contribution in [0.5, 0.6) is 0 Å². The van der Waals surface area contributed by atoms with E-state index in [1.807, 2.05) is 42.3 Å². The molecular formula is C16H25ClN2O. The third-order valence-corrected chi connectivity index (χ3v) is 4.21. The first kappa shape index (κ1) is 17.0. The summed E-state index contributed by atoms with van der Waals surface area (Å²) in [5.74, 6) is -0.0336. The summed E-state index contributed by atoms with van der Waals surface area (Å²) in [5.41, 5.74) is 6.85. The zero-order valence-electron chi connectivity index (χ0n) is 12.1. The molecule has 1 fully saturated rings. The van der Waals surface area contributed by atoms with Gasteiger partial charge in [-0.25, -0.2) is 0 Å². The lowest BCUT2D eigenvalue weighted by atomic mass is 9.92. The van der Waals surface area contributed by atoms with Crippen molar-refractivity contribution in [1.29, 1.82) is 0 Å². The summed E-state index contributed by atoms with van der Waals surface area (Å²) in [5, 5.41) is 0. The van der Waals surface area contributed by atoms with Gasteiger partial charge in [0.25, 0.3) is 0 Å². The molecule has 0 aromatic heterocycles. The molecule has 20 heavy (non-hydrogen) atoms. The van der Waals surface area contributed by atoms with Crippen molar-refractivity contribution in [3.8, 4) is 0 Å².